The monoisotopic (exact) mass is 932 g/mol. The fraction of sp³-hybridized carbons (Fsp3) is 0.768. The Hall–Kier alpha value is -2.06. The van der Waals surface area contributed by atoms with Gasteiger partial charge in [-0.15, -0.1) is 0 Å². The minimum Gasteiger partial charge on any atom is -0.387 e. The third-order valence-electron chi connectivity index (χ3n) is 11.7. The zero-order valence-electron chi connectivity index (χ0n) is 43.0. The number of unbranched alkanes of at least 4 members (excludes halogenated alkanes) is 25. The summed E-state index contributed by atoms with van der Waals surface area (Å²) in [5.74, 6) is -0.181. The van der Waals surface area contributed by atoms with Crippen molar-refractivity contribution in [2.75, 3.05) is 40.9 Å². The van der Waals surface area contributed by atoms with Crippen molar-refractivity contribution >= 4 is 13.7 Å². The summed E-state index contributed by atoms with van der Waals surface area (Å²) >= 11 is 0. The molecule has 0 fully saturated rings. The van der Waals surface area contributed by atoms with Gasteiger partial charge in [0, 0.05) is 6.42 Å². The molecule has 0 radical (unpaired) electrons. The van der Waals surface area contributed by atoms with Crippen LogP contribution in [0.15, 0.2) is 72.9 Å². The van der Waals surface area contributed by atoms with Crippen molar-refractivity contribution in [3.8, 4) is 0 Å². The fourth-order valence-electron chi connectivity index (χ4n) is 7.48. The van der Waals surface area contributed by atoms with Crippen LogP contribution in [-0.4, -0.2) is 73.4 Å². The van der Waals surface area contributed by atoms with Crippen molar-refractivity contribution in [2.45, 2.75) is 238 Å². The average molecular weight is 932 g/mol. The van der Waals surface area contributed by atoms with Gasteiger partial charge in [0.1, 0.15) is 13.2 Å². The summed E-state index contributed by atoms with van der Waals surface area (Å²) in [4.78, 5) is 23.2. The van der Waals surface area contributed by atoms with E-state index in [0.717, 1.165) is 70.6 Å². The Morgan fingerprint density at radius 1 is 0.538 bits per heavy atom. The maximum Gasteiger partial charge on any atom is 0.472 e. The molecule has 0 aliphatic carbocycles. The first-order chi connectivity index (χ1) is 31.5. The van der Waals surface area contributed by atoms with Crippen LogP contribution in [0, 0.1) is 0 Å². The lowest BCUT2D eigenvalue weighted by molar-refractivity contribution is -0.870. The van der Waals surface area contributed by atoms with Crippen LogP contribution in [0.4, 0.5) is 0 Å². The van der Waals surface area contributed by atoms with Gasteiger partial charge in [-0.1, -0.05) is 228 Å². The van der Waals surface area contributed by atoms with Gasteiger partial charge in [0.15, 0.2) is 0 Å². The second-order valence-electron chi connectivity index (χ2n) is 19.2. The van der Waals surface area contributed by atoms with Crippen molar-refractivity contribution in [1.82, 2.24) is 5.32 Å². The molecule has 0 aromatic carbocycles. The van der Waals surface area contributed by atoms with Crippen LogP contribution in [0.25, 0.3) is 0 Å². The molecule has 0 rings (SSSR count). The summed E-state index contributed by atoms with van der Waals surface area (Å²) in [5.41, 5.74) is 0. The van der Waals surface area contributed by atoms with Crippen molar-refractivity contribution in [1.29, 1.82) is 0 Å². The van der Waals surface area contributed by atoms with Gasteiger partial charge in [-0.2, -0.15) is 0 Å². The summed E-state index contributed by atoms with van der Waals surface area (Å²) in [6.45, 7) is 4.70. The Morgan fingerprint density at radius 3 is 1.35 bits per heavy atom. The first-order valence-electron chi connectivity index (χ1n) is 26.8. The zero-order valence-corrected chi connectivity index (χ0v) is 43.9. The second-order valence-corrected chi connectivity index (χ2v) is 20.7. The number of phosphoric ester groups is 1. The highest BCUT2D eigenvalue weighted by molar-refractivity contribution is 7.47. The number of quaternary nitrogens is 1. The standard InChI is InChI=1S/C56H103N2O6P/c1-6-8-10-12-14-16-18-20-22-23-24-25-26-27-28-29-30-31-32-33-34-35-36-38-40-42-44-46-48-50-56(60)57-54(53-64-65(61,62)63-52-51-58(3,4)5)55(59)49-47-45-43-41-39-37-21-19-17-15-13-11-9-7-2/h8,10,14,16,20,22,24-25,27-28,47,49,54-55,59H,6-7,9,11-13,15,17-19,21,23,26,29-46,48,50-53H2,1-5H3,(H-,57,60,61,62)/p+1/b10-8-,16-14-,22-20-,25-24-,28-27-,49-47+. The fourth-order valence-corrected chi connectivity index (χ4v) is 8.22. The van der Waals surface area contributed by atoms with E-state index in [1.807, 2.05) is 27.2 Å². The number of hydrogen-bond donors (Lipinski definition) is 3. The third kappa shape index (κ3) is 49.7. The van der Waals surface area contributed by atoms with E-state index in [4.69, 9.17) is 9.05 Å². The number of aliphatic hydroxyl groups excluding tert-OH is 1. The van der Waals surface area contributed by atoms with E-state index in [0.29, 0.717) is 17.4 Å². The predicted molar refractivity (Wildman–Crippen MR) is 281 cm³/mol. The Balaban J connectivity index is 4.17. The molecule has 8 nitrogen and oxygen atoms in total. The maximum absolute atomic E-state index is 12.9. The highest BCUT2D eigenvalue weighted by Crippen LogP contribution is 2.43. The molecule has 0 spiro atoms. The van der Waals surface area contributed by atoms with Gasteiger partial charge in [-0.25, -0.2) is 4.57 Å². The van der Waals surface area contributed by atoms with Crippen LogP contribution in [0.2, 0.25) is 0 Å². The molecule has 0 bridgehead atoms. The van der Waals surface area contributed by atoms with E-state index in [-0.39, 0.29) is 19.1 Å². The van der Waals surface area contributed by atoms with E-state index >= 15 is 0 Å². The summed E-state index contributed by atoms with van der Waals surface area (Å²) < 4.78 is 23.6. The van der Waals surface area contributed by atoms with Crippen LogP contribution >= 0.6 is 7.82 Å². The number of aliphatic hydroxyl groups is 1. The molecule has 0 saturated heterocycles. The lowest BCUT2D eigenvalue weighted by Gasteiger charge is -2.25. The van der Waals surface area contributed by atoms with Crippen molar-refractivity contribution in [2.24, 2.45) is 0 Å². The van der Waals surface area contributed by atoms with Crippen LogP contribution < -0.4 is 5.32 Å². The molecule has 3 N–H and O–H groups in total. The molecule has 0 aromatic heterocycles. The molecule has 0 heterocycles. The number of amides is 1. The normalized spacial score (nSPS) is 14.6. The molecule has 65 heavy (non-hydrogen) atoms. The van der Waals surface area contributed by atoms with Crippen molar-refractivity contribution < 1.29 is 32.9 Å². The number of hydrogen-bond acceptors (Lipinski definition) is 5. The number of nitrogens with one attached hydrogen (secondary N) is 1. The molecule has 1 amide bonds. The largest absolute Gasteiger partial charge is 0.472 e. The van der Waals surface area contributed by atoms with Gasteiger partial charge < -0.3 is 19.8 Å². The number of rotatable bonds is 48. The average Bonchev–Trinajstić information content (AvgIpc) is 3.26. The molecule has 0 aromatic rings. The van der Waals surface area contributed by atoms with Gasteiger partial charge in [-0.3, -0.25) is 13.8 Å². The third-order valence-corrected chi connectivity index (χ3v) is 12.7. The topological polar surface area (TPSA) is 105 Å². The number of likely N-dealkylation sites (N-methyl/N-ethyl adjacent to an activating group) is 1. The van der Waals surface area contributed by atoms with E-state index in [9.17, 15) is 19.4 Å². The summed E-state index contributed by atoms with van der Waals surface area (Å²) in [6.07, 6.45) is 64.1. The minimum absolute atomic E-state index is 0.0592. The lowest BCUT2D eigenvalue weighted by atomic mass is 10.0. The number of nitrogens with zero attached hydrogens (tertiary/aromatic N) is 1. The number of carbonyl (C=O) groups is 1. The van der Waals surface area contributed by atoms with Gasteiger partial charge in [0.05, 0.1) is 39.9 Å². The smallest absolute Gasteiger partial charge is 0.387 e. The minimum atomic E-state index is -4.34. The number of phosphoric acid groups is 1. The van der Waals surface area contributed by atoms with Crippen molar-refractivity contribution in [3.05, 3.63) is 72.9 Å². The first-order valence-corrected chi connectivity index (χ1v) is 28.3. The Morgan fingerprint density at radius 2 is 0.923 bits per heavy atom. The Labute approximate surface area is 402 Å². The molecular formula is C56H104N2O6P+. The molecule has 9 heteroatoms. The van der Waals surface area contributed by atoms with Crippen molar-refractivity contribution in [3.63, 3.8) is 0 Å². The molecule has 0 aliphatic heterocycles. The molecule has 3 unspecified atom stereocenters. The van der Waals surface area contributed by atoms with Crippen LogP contribution in [0.3, 0.4) is 0 Å². The Bertz CT molecular complexity index is 1290. The van der Waals surface area contributed by atoms with E-state index in [2.05, 4.69) is 79.9 Å². The zero-order chi connectivity index (χ0) is 47.8. The van der Waals surface area contributed by atoms with Crippen LogP contribution in [-0.2, 0) is 18.4 Å². The van der Waals surface area contributed by atoms with Gasteiger partial charge >= 0.3 is 7.82 Å². The van der Waals surface area contributed by atoms with Gasteiger partial charge in [0.25, 0.3) is 0 Å². The molecule has 0 saturated carbocycles. The maximum atomic E-state index is 12.9. The quantitative estimate of drug-likeness (QED) is 0.0243. The van der Waals surface area contributed by atoms with Crippen LogP contribution in [0.1, 0.15) is 226 Å². The highest BCUT2D eigenvalue weighted by atomic mass is 31.2. The molecule has 3 atom stereocenters. The Kier molecular flexibility index (Phi) is 45.5. The van der Waals surface area contributed by atoms with Gasteiger partial charge in [0.2, 0.25) is 5.91 Å². The van der Waals surface area contributed by atoms with Crippen LogP contribution in [0.5, 0.6) is 0 Å². The lowest BCUT2D eigenvalue weighted by Crippen LogP contribution is -2.45. The van der Waals surface area contributed by atoms with E-state index in [1.165, 1.54) is 135 Å². The second kappa shape index (κ2) is 47.0. The molecular weight excluding hydrogens is 828 g/mol. The first kappa shape index (κ1) is 62.9. The SMILES string of the molecule is CC/C=C\C/C=C\C/C=C\C/C=C\C/C=C\CCCCCCCCCCCCCCCC(=O)NC(COP(=O)(O)OCC[N+](C)(C)C)C(O)/C=C/CCCCCCCCCCCCCC. The number of carbonyl (C=O) groups excluding carboxylic acids is 1. The summed E-state index contributed by atoms with van der Waals surface area (Å²) in [5, 5.41) is 13.9. The molecule has 378 valence electrons. The predicted octanol–water partition coefficient (Wildman–Crippen LogP) is 15.9. The van der Waals surface area contributed by atoms with E-state index in [1.54, 1.807) is 6.08 Å². The van der Waals surface area contributed by atoms with E-state index < -0.39 is 20.0 Å². The summed E-state index contributed by atoms with van der Waals surface area (Å²) in [6, 6.07) is -0.849. The number of allylic oxidation sites excluding steroid dienone is 11. The summed E-state index contributed by atoms with van der Waals surface area (Å²) in [7, 11) is 1.57. The van der Waals surface area contributed by atoms with Gasteiger partial charge in [-0.05, 0) is 64.2 Å². The highest BCUT2D eigenvalue weighted by Gasteiger charge is 2.27. The molecule has 0 aliphatic rings.